The third kappa shape index (κ3) is 3.02. The Bertz CT molecular complexity index is 863. The van der Waals surface area contributed by atoms with Gasteiger partial charge in [0.1, 0.15) is 0 Å². The van der Waals surface area contributed by atoms with Gasteiger partial charge in [0.2, 0.25) is 5.95 Å². The van der Waals surface area contributed by atoms with Crippen molar-refractivity contribution in [2.24, 2.45) is 7.05 Å². The molecule has 7 nitrogen and oxygen atoms in total. The van der Waals surface area contributed by atoms with Crippen LogP contribution in [0.1, 0.15) is 18.4 Å². The smallest absolute Gasteiger partial charge is 0.229 e. The number of nitrogens with zero attached hydrogens (tertiary/aromatic N) is 5. The molecule has 0 spiro atoms. The average molecular weight is 338 g/mol. The minimum atomic E-state index is 0.0904. The molecule has 1 aliphatic heterocycles. The van der Waals surface area contributed by atoms with E-state index in [1.807, 2.05) is 29.8 Å². The minimum Gasteiger partial charge on any atom is -0.394 e. The van der Waals surface area contributed by atoms with Crippen molar-refractivity contribution in [3.63, 3.8) is 0 Å². The van der Waals surface area contributed by atoms with E-state index in [2.05, 4.69) is 27.3 Å². The third-order valence-electron chi connectivity index (χ3n) is 4.70. The Balaban J connectivity index is 1.69. The molecule has 7 heteroatoms. The van der Waals surface area contributed by atoms with Crippen LogP contribution < -0.4 is 10.2 Å². The molecule has 4 rings (SSSR count). The molecule has 2 N–H and O–H groups in total. The van der Waals surface area contributed by atoms with E-state index in [1.54, 1.807) is 6.33 Å². The SMILES string of the molecule is Cn1cnc2c(NCc3ccccc3)nc(N3CCCC3CO)nc21. The lowest BCUT2D eigenvalue weighted by molar-refractivity contribution is 0.265. The maximum Gasteiger partial charge on any atom is 0.229 e. The molecule has 1 fully saturated rings. The van der Waals surface area contributed by atoms with E-state index < -0.39 is 0 Å². The van der Waals surface area contributed by atoms with Crippen molar-refractivity contribution >= 4 is 22.9 Å². The van der Waals surface area contributed by atoms with Crippen molar-refractivity contribution in [1.82, 2.24) is 19.5 Å². The molecule has 25 heavy (non-hydrogen) atoms. The van der Waals surface area contributed by atoms with Gasteiger partial charge < -0.3 is 19.9 Å². The summed E-state index contributed by atoms with van der Waals surface area (Å²) >= 11 is 0. The molecule has 1 saturated heterocycles. The van der Waals surface area contributed by atoms with Crippen LogP contribution in [0, 0.1) is 0 Å². The fourth-order valence-corrected chi connectivity index (χ4v) is 3.32. The summed E-state index contributed by atoms with van der Waals surface area (Å²) in [5, 5.41) is 13.0. The zero-order chi connectivity index (χ0) is 17.2. The lowest BCUT2D eigenvalue weighted by Gasteiger charge is -2.23. The van der Waals surface area contributed by atoms with Gasteiger partial charge in [0.25, 0.3) is 0 Å². The van der Waals surface area contributed by atoms with Gasteiger partial charge in [0.05, 0.1) is 19.0 Å². The third-order valence-corrected chi connectivity index (χ3v) is 4.70. The summed E-state index contributed by atoms with van der Waals surface area (Å²) in [6, 6.07) is 10.3. The Morgan fingerprint density at radius 1 is 1.24 bits per heavy atom. The Kier molecular flexibility index (Phi) is 4.23. The molecule has 0 amide bonds. The number of benzene rings is 1. The number of imidazole rings is 1. The predicted molar refractivity (Wildman–Crippen MR) is 97.5 cm³/mol. The highest BCUT2D eigenvalue weighted by molar-refractivity contribution is 5.84. The molecular formula is C18H22N6O. The van der Waals surface area contributed by atoms with Gasteiger partial charge in [-0.3, -0.25) is 0 Å². The fraction of sp³-hybridized carbons (Fsp3) is 0.389. The predicted octanol–water partition coefficient (Wildman–Crippen LogP) is 1.94. The van der Waals surface area contributed by atoms with Crippen molar-refractivity contribution in [1.29, 1.82) is 0 Å². The molecule has 1 aromatic carbocycles. The second-order valence-corrected chi connectivity index (χ2v) is 6.41. The van der Waals surface area contributed by atoms with Crippen molar-refractivity contribution in [2.75, 3.05) is 23.4 Å². The Morgan fingerprint density at radius 3 is 2.88 bits per heavy atom. The number of aryl methyl sites for hydroxylation is 1. The number of fused-ring (bicyclic) bond motifs is 1. The number of nitrogens with one attached hydrogen (secondary N) is 1. The molecule has 0 saturated carbocycles. The van der Waals surface area contributed by atoms with Crippen LogP contribution in [-0.4, -0.2) is 43.8 Å². The lowest BCUT2D eigenvalue weighted by Crippen LogP contribution is -2.33. The molecule has 1 atom stereocenters. The van der Waals surface area contributed by atoms with Gasteiger partial charge in [-0.05, 0) is 18.4 Å². The average Bonchev–Trinajstić information content (AvgIpc) is 3.27. The summed E-state index contributed by atoms with van der Waals surface area (Å²) in [4.78, 5) is 16.0. The first-order valence-electron chi connectivity index (χ1n) is 8.60. The fourth-order valence-electron chi connectivity index (χ4n) is 3.32. The zero-order valence-electron chi connectivity index (χ0n) is 14.3. The molecule has 0 radical (unpaired) electrons. The standard InChI is InChI=1S/C18H22N6O/c1-23-12-20-15-16(19-10-13-6-3-2-4-7-13)21-18(22-17(15)23)24-9-5-8-14(24)11-25/h2-4,6-7,12,14,25H,5,8-11H2,1H3,(H,19,21,22). The summed E-state index contributed by atoms with van der Waals surface area (Å²) < 4.78 is 1.90. The van der Waals surface area contributed by atoms with Crippen LogP contribution in [0.25, 0.3) is 11.2 Å². The van der Waals surface area contributed by atoms with Crippen LogP contribution >= 0.6 is 0 Å². The molecule has 3 heterocycles. The highest BCUT2D eigenvalue weighted by Crippen LogP contribution is 2.27. The molecule has 130 valence electrons. The zero-order valence-corrected chi connectivity index (χ0v) is 14.3. The van der Waals surface area contributed by atoms with Gasteiger partial charge in [-0.2, -0.15) is 9.97 Å². The highest BCUT2D eigenvalue weighted by Gasteiger charge is 2.27. The Labute approximate surface area is 146 Å². The number of aliphatic hydroxyl groups is 1. The van der Waals surface area contributed by atoms with Gasteiger partial charge in [0, 0.05) is 20.1 Å². The van der Waals surface area contributed by atoms with Crippen molar-refractivity contribution in [3.05, 3.63) is 42.2 Å². The van der Waals surface area contributed by atoms with E-state index in [-0.39, 0.29) is 12.6 Å². The monoisotopic (exact) mass is 338 g/mol. The largest absolute Gasteiger partial charge is 0.394 e. The van der Waals surface area contributed by atoms with Crippen LogP contribution in [0.15, 0.2) is 36.7 Å². The molecule has 1 unspecified atom stereocenters. The van der Waals surface area contributed by atoms with Crippen molar-refractivity contribution in [3.8, 4) is 0 Å². The van der Waals surface area contributed by atoms with Crippen molar-refractivity contribution in [2.45, 2.75) is 25.4 Å². The summed E-state index contributed by atoms with van der Waals surface area (Å²) in [5.74, 6) is 1.39. The normalized spacial score (nSPS) is 17.4. The van der Waals surface area contributed by atoms with Crippen LogP contribution in [0.2, 0.25) is 0 Å². The molecular weight excluding hydrogens is 316 g/mol. The van der Waals surface area contributed by atoms with Gasteiger partial charge in [-0.1, -0.05) is 30.3 Å². The second kappa shape index (κ2) is 6.68. The lowest BCUT2D eigenvalue weighted by atomic mass is 10.2. The van der Waals surface area contributed by atoms with E-state index in [9.17, 15) is 5.11 Å². The van der Waals surface area contributed by atoms with E-state index in [0.717, 1.165) is 36.4 Å². The number of rotatable bonds is 5. The van der Waals surface area contributed by atoms with Gasteiger partial charge >= 0.3 is 0 Å². The molecule has 0 bridgehead atoms. The maximum atomic E-state index is 9.62. The Morgan fingerprint density at radius 2 is 2.08 bits per heavy atom. The first kappa shape index (κ1) is 15.8. The van der Waals surface area contributed by atoms with E-state index in [4.69, 9.17) is 9.97 Å². The first-order chi connectivity index (χ1) is 12.3. The summed E-state index contributed by atoms with van der Waals surface area (Å²) in [7, 11) is 1.93. The van der Waals surface area contributed by atoms with Crippen LogP contribution in [0.3, 0.4) is 0 Å². The number of aliphatic hydroxyl groups excluding tert-OH is 1. The second-order valence-electron chi connectivity index (χ2n) is 6.41. The Hall–Kier alpha value is -2.67. The molecule has 1 aliphatic rings. The molecule has 2 aromatic heterocycles. The summed E-state index contributed by atoms with van der Waals surface area (Å²) in [6.45, 7) is 1.67. The van der Waals surface area contributed by atoms with E-state index in [1.165, 1.54) is 5.56 Å². The van der Waals surface area contributed by atoms with Crippen molar-refractivity contribution < 1.29 is 5.11 Å². The van der Waals surface area contributed by atoms with E-state index in [0.29, 0.717) is 12.5 Å². The van der Waals surface area contributed by atoms with Gasteiger partial charge in [-0.15, -0.1) is 0 Å². The molecule has 0 aliphatic carbocycles. The number of hydrogen-bond donors (Lipinski definition) is 2. The maximum absolute atomic E-state index is 9.62. The number of hydrogen-bond acceptors (Lipinski definition) is 6. The highest BCUT2D eigenvalue weighted by atomic mass is 16.3. The van der Waals surface area contributed by atoms with Gasteiger partial charge in [-0.25, -0.2) is 4.98 Å². The molecule has 3 aromatic rings. The number of anilines is 2. The first-order valence-corrected chi connectivity index (χ1v) is 8.60. The van der Waals surface area contributed by atoms with Crippen LogP contribution in [0.5, 0.6) is 0 Å². The number of aromatic nitrogens is 4. The minimum absolute atomic E-state index is 0.0904. The van der Waals surface area contributed by atoms with E-state index >= 15 is 0 Å². The summed E-state index contributed by atoms with van der Waals surface area (Å²) in [6.07, 6.45) is 3.77. The quantitative estimate of drug-likeness (QED) is 0.740. The van der Waals surface area contributed by atoms with Crippen LogP contribution in [0.4, 0.5) is 11.8 Å². The van der Waals surface area contributed by atoms with Gasteiger partial charge in [0.15, 0.2) is 17.0 Å². The topological polar surface area (TPSA) is 79.1 Å². The summed E-state index contributed by atoms with van der Waals surface area (Å²) in [5.41, 5.74) is 2.74. The van der Waals surface area contributed by atoms with Crippen LogP contribution in [-0.2, 0) is 13.6 Å².